The van der Waals surface area contributed by atoms with Crippen LogP contribution in [-0.2, 0) is 13.5 Å². The van der Waals surface area contributed by atoms with Crippen LogP contribution in [0.1, 0.15) is 17.4 Å². The Morgan fingerprint density at radius 1 is 1.30 bits per heavy atom. The summed E-state index contributed by atoms with van der Waals surface area (Å²) in [5.74, 6) is -1.86. The maximum atomic E-state index is 13.0. The SMILES string of the molecule is Cn1ccc(CCNCC(O)c2ccc(F)c(F)c2)n1. The number of nitrogens with one attached hydrogen (secondary N) is 1. The van der Waals surface area contributed by atoms with Crippen LogP contribution in [-0.4, -0.2) is 28.0 Å². The lowest BCUT2D eigenvalue weighted by Gasteiger charge is -2.12. The van der Waals surface area contributed by atoms with Gasteiger partial charge in [-0.25, -0.2) is 8.78 Å². The summed E-state index contributed by atoms with van der Waals surface area (Å²) in [5.41, 5.74) is 1.32. The number of aromatic nitrogens is 2. The molecule has 20 heavy (non-hydrogen) atoms. The van der Waals surface area contributed by atoms with Crippen molar-refractivity contribution >= 4 is 0 Å². The molecule has 4 nitrogen and oxygen atoms in total. The summed E-state index contributed by atoms with van der Waals surface area (Å²) in [7, 11) is 1.85. The Morgan fingerprint density at radius 2 is 2.10 bits per heavy atom. The van der Waals surface area contributed by atoms with Gasteiger partial charge in [-0.1, -0.05) is 6.07 Å². The summed E-state index contributed by atoms with van der Waals surface area (Å²) in [6, 6.07) is 5.33. The Bertz CT molecular complexity index is 571. The maximum Gasteiger partial charge on any atom is 0.159 e. The third-order valence-corrected chi connectivity index (χ3v) is 2.99. The van der Waals surface area contributed by atoms with E-state index in [9.17, 15) is 13.9 Å². The fourth-order valence-electron chi connectivity index (χ4n) is 1.89. The molecule has 0 bridgehead atoms. The van der Waals surface area contributed by atoms with Crippen LogP contribution in [0.3, 0.4) is 0 Å². The Labute approximate surface area is 116 Å². The molecule has 1 aromatic heterocycles. The van der Waals surface area contributed by atoms with E-state index in [1.807, 2.05) is 19.3 Å². The molecule has 2 N–H and O–H groups in total. The minimum Gasteiger partial charge on any atom is -0.387 e. The van der Waals surface area contributed by atoms with Crippen molar-refractivity contribution in [2.75, 3.05) is 13.1 Å². The van der Waals surface area contributed by atoms with Gasteiger partial charge in [-0.05, 0) is 23.8 Å². The van der Waals surface area contributed by atoms with Crippen LogP contribution in [0.2, 0.25) is 0 Å². The van der Waals surface area contributed by atoms with Crippen LogP contribution < -0.4 is 5.32 Å². The van der Waals surface area contributed by atoms with Gasteiger partial charge >= 0.3 is 0 Å². The standard InChI is InChI=1S/C14H17F2N3O/c1-19-7-5-11(18-19)4-6-17-9-14(20)10-2-3-12(15)13(16)8-10/h2-3,5,7-8,14,17,20H,4,6,9H2,1H3. The second-order valence-corrected chi connectivity index (χ2v) is 4.62. The van der Waals surface area contributed by atoms with E-state index in [4.69, 9.17) is 0 Å². The number of aliphatic hydroxyl groups excluding tert-OH is 1. The molecule has 108 valence electrons. The molecule has 6 heteroatoms. The fourth-order valence-corrected chi connectivity index (χ4v) is 1.89. The highest BCUT2D eigenvalue weighted by Gasteiger charge is 2.10. The molecule has 0 saturated carbocycles. The number of aliphatic hydroxyl groups is 1. The maximum absolute atomic E-state index is 13.0. The van der Waals surface area contributed by atoms with Crippen LogP contribution in [0, 0.1) is 11.6 Å². The smallest absolute Gasteiger partial charge is 0.159 e. The van der Waals surface area contributed by atoms with Gasteiger partial charge < -0.3 is 10.4 Å². The van der Waals surface area contributed by atoms with E-state index in [2.05, 4.69) is 10.4 Å². The number of rotatable bonds is 6. The van der Waals surface area contributed by atoms with E-state index in [0.717, 1.165) is 24.2 Å². The van der Waals surface area contributed by atoms with Crippen LogP contribution in [0.4, 0.5) is 8.78 Å². The third-order valence-electron chi connectivity index (χ3n) is 2.99. The third kappa shape index (κ3) is 3.85. The molecule has 2 rings (SSSR count). The molecular weight excluding hydrogens is 264 g/mol. The first kappa shape index (κ1) is 14.6. The fraction of sp³-hybridized carbons (Fsp3) is 0.357. The highest BCUT2D eigenvalue weighted by molar-refractivity contribution is 5.20. The molecular formula is C14H17F2N3O. The molecule has 0 fully saturated rings. The van der Waals surface area contributed by atoms with E-state index in [1.165, 1.54) is 6.07 Å². The molecule has 2 aromatic rings. The van der Waals surface area contributed by atoms with E-state index in [0.29, 0.717) is 12.1 Å². The Hall–Kier alpha value is -1.79. The van der Waals surface area contributed by atoms with Crippen molar-refractivity contribution in [3.05, 3.63) is 53.4 Å². The van der Waals surface area contributed by atoms with Gasteiger partial charge in [0, 0.05) is 32.8 Å². The molecule has 0 saturated heterocycles. The molecule has 0 aliphatic heterocycles. The van der Waals surface area contributed by atoms with Gasteiger partial charge in [-0.15, -0.1) is 0 Å². The van der Waals surface area contributed by atoms with Crippen molar-refractivity contribution in [2.24, 2.45) is 7.05 Å². The normalized spacial score (nSPS) is 12.6. The lowest BCUT2D eigenvalue weighted by Crippen LogP contribution is -2.24. The Morgan fingerprint density at radius 3 is 2.75 bits per heavy atom. The Balaban J connectivity index is 1.77. The van der Waals surface area contributed by atoms with Crippen LogP contribution in [0.15, 0.2) is 30.5 Å². The predicted octanol–water partition coefficient (Wildman–Crippen LogP) is 1.56. The topological polar surface area (TPSA) is 50.1 Å². The van der Waals surface area contributed by atoms with Gasteiger partial charge in [-0.3, -0.25) is 4.68 Å². The number of hydrogen-bond acceptors (Lipinski definition) is 3. The average Bonchev–Trinajstić information content (AvgIpc) is 2.83. The molecule has 0 amide bonds. The zero-order chi connectivity index (χ0) is 14.5. The highest BCUT2D eigenvalue weighted by atomic mass is 19.2. The first-order chi connectivity index (χ1) is 9.56. The highest BCUT2D eigenvalue weighted by Crippen LogP contribution is 2.15. The number of halogens is 2. The summed E-state index contributed by atoms with van der Waals surface area (Å²) >= 11 is 0. The van der Waals surface area contributed by atoms with Crippen molar-refractivity contribution in [2.45, 2.75) is 12.5 Å². The molecule has 1 heterocycles. The minimum atomic E-state index is -0.949. The number of aryl methyl sites for hydroxylation is 1. The first-order valence-electron chi connectivity index (χ1n) is 6.38. The van der Waals surface area contributed by atoms with Gasteiger partial charge in [0.25, 0.3) is 0 Å². The van der Waals surface area contributed by atoms with Gasteiger partial charge in [0.1, 0.15) is 0 Å². The molecule has 0 radical (unpaired) electrons. The van der Waals surface area contributed by atoms with E-state index >= 15 is 0 Å². The summed E-state index contributed by atoms with van der Waals surface area (Å²) < 4.78 is 27.5. The molecule has 0 aliphatic rings. The van der Waals surface area contributed by atoms with Gasteiger partial charge in [0.2, 0.25) is 0 Å². The van der Waals surface area contributed by atoms with Crippen molar-refractivity contribution in [3.63, 3.8) is 0 Å². The summed E-state index contributed by atoms with van der Waals surface area (Å²) in [4.78, 5) is 0. The molecule has 0 aliphatic carbocycles. The van der Waals surface area contributed by atoms with Crippen LogP contribution in [0.25, 0.3) is 0 Å². The Kier molecular flexibility index (Phi) is 4.81. The lowest BCUT2D eigenvalue weighted by molar-refractivity contribution is 0.174. The van der Waals surface area contributed by atoms with E-state index in [-0.39, 0.29) is 6.54 Å². The molecule has 1 aromatic carbocycles. The van der Waals surface area contributed by atoms with Crippen LogP contribution >= 0.6 is 0 Å². The van der Waals surface area contributed by atoms with E-state index in [1.54, 1.807) is 4.68 Å². The average molecular weight is 281 g/mol. The van der Waals surface area contributed by atoms with Crippen molar-refractivity contribution in [1.82, 2.24) is 15.1 Å². The molecule has 0 spiro atoms. The second-order valence-electron chi connectivity index (χ2n) is 4.62. The predicted molar refractivity (Wildman–Crippen MR) is 71.1 cm³/mol. The van der Waals surface area contributed by atoms with Crippen LogP contribution in [0.5, 0.6) is 0 Å². The second kappa shape index (κ2) is 6.58. The zero-order valence-corrected chi connectivity index (χ0v) is 11.2. The van der Waals surface area contributed by atoms with Crippen molar-refractivity contribution in [1.29, 1.82) is 0 Å². The number of nitrogens with zero attached hydrogens (tertiary/aromatic N) is 2. The quantitative estimate of drug-likeness (QED) is 0.790. The number of hydrogen-bond donors (Lipinski definition) is 2. The van der Waals surface area contributed by atoms with Crippen molar-refractivity contribution < 1.29 is 13.9 Å². The van der Waals surface area contributed by atoms with Gasteiger partial charge in [-0.2, -0.15) is 5.10 Å². The largest absolute Gasteiger partial charge is 0.387 e. The summed E-state index contributed by atoms with van der Waals surface area (Å²) in [6.45, 7) is 0.926. The molecule has 1 unspecified atom stereocenters. The summed E-state index contributed by atoms with van der Waals surface area (Å²) in [6.07, 6.45) is 1.74. The van der Waals surface area contributed by atoms with Gasteiger partial charge in [0.05, 0.1) is 11.8 Å². The zero-order valence-electron chi connectivity index (χ0n) is 11.2. The summed E-state index contributed by atoms with van der Waals surface area (Å²) in [5, 5.41) is 17.2. The molecule has 1 atom stereocenters. The van der Waals surface area contributed by atoms with Crippen molar-refractivity contribution in [3.8, 4) is 0 Å². The first-order valence-corrected chi connectivity index (χ1v) is 6.38. The number of benzene rings is 1. The monoisotopic (exact) mass is 281 g/mol. The van der Waals surface area contributed by atoms with Gasteiger partial charge in [0.15, 0.2) is 11.6 Å². The minimum absolute atomic E-state index is 0.276. The van der Waals surface area contributed by atoms with E-state index < -0.39 is 17.7 Å². The lowest BCUT2D eigenvalue weighted by atomic mass is 10.1.